The van der Waals surface area contributed by atoms with Gasteiger partial charge in [0.1, 0.15) is 0 Å². The number of aryl methyl sites for hydroxylation is 2. The van der Waals surface area contributed by atoms with Gasteiger partial charge in [0.05, 0.1) is 0 Å². The first-order chi connectivity index (χ1) is 11.5. The van der Waals surface area contributed by atoms with Crippen LogP contribution in [0.2, 0.25) is 0 Å². The Balaban J connectivity index is 0.000000443. The van der Waals surface area contributed by atoms with E-state index < -0.39 is 0 Å². The summed E-state index contributed by atoms with van der Waals surface area (Å²) in [6, 6.07) is 13.4. The predicted molar refractivity (Wildman–Crippen MR) is 115 cm³/mol. The van der Waals surface area contributed by atoms with Gasteiger partial charge in [0.15, 0.2) is 0 Å². The van der Waals surface area contributed by atoms with Crippen molar-refractivity contribution in [2.24, 2.45) is 11.8 Å². The summed E-state index contributed by atoms with van der Waals surface area (Å²) >= 11 is 0. The standard InChI is InChI=1S/2C12H19.Mg/c2*1-4-6-11-7-5-8-12(11)9-10(2)3;/h2*5,7-8,10H,4,6,9H2,1-3H3;/q2*-1;+2. The summed E-state index contributed by atoms with van der Waals surface area (Å²) in [5, 5.41) is 0. The van der Waals surface area contributed by atoms with Crippen LogP contribution in [0.4, 0.5) is 0 Å². The molecule has 0 saturated carbocycles. The number of rotatable bonds is 8. The molecule has 0 aliphatic heterocycles. The first-order valence-electron chi connectivity index (χ1n) is 9.94. The zero-order valence-corrected chi connectivity index (χ0v) is 19.0. The van der Waals surface area contributed by atoms with E-state index in [9.17, 15) is 0 Å². The zero-order valence-electron chi connectivity index (χ0n) is 17.6. The van der Waals surface area contributed by atoms with Crippen molar-refractivity contribution >= 4 is 23.1 Å². The molecule has 0 nitrogen and oxygen atoms in total. The molecule has 0 fully saturated rings. The van der Waals surface area contributed by atoms with E-state index >= 15 is 0 Å². The van der Waals surface area contributed by atoms with Gasteiger partial charge in [-0.25, -0.2) is 24.3 Å². The van der Waals surface area contributed by atoms with Crippen molar-refractivity contribution in [2.75, 3.05) is 0 Å². The Morgan fingerprint density at radius 3 is 1.36 bits per heavy atom. The molecule has 0 amide bonds. The average Bonchev–Trinajstić information content (AvgIpc) is 3.10. The van der Waals surface area contributed by atoms with Crippen molar-refractivity contribution in [2.45, 2.75) is 80.1 Å². The molecule has 136 valence electrons. The summed E-state index contributed by atoms with van der Waals surface area (Å²) in [6.07, 6.45) is 7.49. The second-order valence-electron chi connectivity index (χ2n) is 7.85. The topological polar surface area (TPSA) is 0 Å². The molecule has 0 bridgehead atoms. The molecule has 1 heteroatoms. The van der Waals surface area contributed by atoms with Gasteiger partial charge < -0.3 is 0 Å². The van der Waals surface area contributed by atoms with Crippen molar-refractivity contribution in [1.82, 2.24) is 0 Å². The second-order valence-corrected chi connectivity index (χ2v) is 7.85. The minimum Gasteiger partial charge on any atom is -0.213 e. The maximum Gasteiger partial charge on any atom is 2.00 e. The van der Waals surface area contributed by atoms with Crippen LogP contribution in [0.15, 0.2) is 36.4 Å². The summed E-state index contributed by atoms with van der Waals surface area (Å²) in [4.78, 5) is 0. The fraction of sp³-hybridized carbons (Fsp3) is 0.583. The third-order valence-corrected chi connectivity index (χ3v) is 4.31. The Labute approximate surface area is 173 Å². The van der Waals surface area contributed by atoms with Crippen molar-refractivity contribution in [3.8, 4) is 0 Å². The van der Waals surface area contributed by atoms with E-state index in [1.165, 1.54) is 38.5 Å². The minimum absolute atomic E-state index is 0. The number of hydrogen-bond acceptors (Lipinski definition) is 0. The third-order valence-electron chi connectivity index (χ3n) is 4.31. The van der Waals surface area contributed by atoms with Crippen LogP contribution >= 0.6 is 0 Å². The Morgan fingerprint density at radius 1 is 0.720 bits per heavy atom. The molecule has 25 heavy (non-hydrogen) atoms. The minimum atomic E-state index is 0. The van der Waals surface area contributed by atoms with Gasteiger partial charge in [-0.05, 0) is 0 Å². The van der Waals surface area contributed by atoms with Crippen LogP contribution in [0, 0.1) is 11.8 Å². The maximum absolute atomic E-state index is 2.28. The van der Waals surface area contributed by atoms with E-state index in [1.54, 1.807) is 22.3 Å². The molecule has 0 spiro atoms. The van der Waals surface area contributed by atoms with Gasteiger partial charge in [0, 0.05) is 0 Å². The van der Waals surface area contributed by atoms with E-state index in [2.05, 4.69) is 77.9 Å². The molecular weight excluding hydrogens is 313 g/mol. The molecule has 0 aliphatic rings. The Hall–Kier alpha value is -0.534. The summed E-state index contributed by atoms with van der Waals surface area (Å²) in [6.45, 7) is 13.6. The molecule has 0 N–H and O–H groups in total. The maximum atomic E-state index is 2.28. The molecule has 0 unspecified atom stereocenters. The van der Waals surface area contributed by atoms with Gasteiger partial charge >= 0.3 is 23.1 Å². The van der Waals surface area contributed by atoms with Crippen LogP contribution in [0.5, 0.6) is 0 Å². The second kappa shape index (κ2) is 13.6. The van der Waals surface area contributed by atoms with E-state index in [-0.39, 0.29) is 23.1 Å². The van der Waals surface area contributed by atoms with Gasteiger partial charge in [-0.2, -0.15) is 34.4 Å². The molecule has 0 heterocycles. The molecule has 2 aromatic rings. The fourth-order valence-corrected chi connectivity index (χ4v) is 3.29. The van der Waals surface area contributed by atoms with Gasteiger partial charge in [-0.3, -0.25) is 0 Å². The largest absolute Gasteiger partial charge is 2.00 e. The molecule has 0 radical (unpaired) electrons. The van der Waals surface area contributed by atoms with E-state index in [1.807, 2.05) is 0 Å². The van der Waals surface area contributed by atoms with Crippen molar-refractivity contribution < 1.29 is 0 Å². The van der Waals surface area contributed by atoms with E-state index in [4.69, 9.17) is 0 Å². The first-order valence-corrected chi connectivity index (χ1v) is 9.94. The van der Waals surface area contributed by atoms with Crippen molar-refractivity contribution in [3.05, 3.63) is 58.7 Å². The van der Waals surface area contributed by atoms with Crippen molar-refractivity contribution in [3.63, 3.8) is 0 Å². The molecule has 0 atom stereocenters. The monoisotopic (exact) mass is 350 g/mol. The van der Waals surface area contributed by atoms with Crippen LogP contribution < -0.4 is 0 Å². The number of hydrogen-bond donors (Lipinski definition) is 0. The van der Waals surface area contributed by atoms with Gasteiger partial charge in [0.2, 0.25) is 0 Å². The Morgan fingerprint density at radius 2 is 1.08 bits per heavy atom. The molecule has 0 saturated heterocycles. The SMILES string of the molecule is CCCc1ccc[c-]1CC(C)C.CCCc1ccc[c-]1CC(C)C.[Mg+2]. The quantitative estimate of drug-likeness (QED) is 0.365. The normalized spacial score (nSPS) is 10.6. The Bertz CT molecular complexity index is 492. The van der Waals surface area contributed by atoms with Crippen LogP contribution in [0.3, 0.4) is 0 Å². The van der Waals surface area contributed by atoms with E-state index in [0.29, 0.717) is 0 Å². The predicted octanol–water partition coefficient (Wildman–Crippen LogP) is 6.73. The summed E-state index contributed by atoms with van der Waals surface area (Å²) < 4.78 is 0. The van der Waals surface area contributed by atoms with Crippen LogP contribution in [0.1, 0.15) is 76.6 Å². The first kappa shape index (κ1) is 24.5. The fourth-order valence-electron chi connectivity index (χ4n) is 3.29. The summed E-state index contributed by atoms with van der Waals surface area (Å²) in [5.41, 5.74) is 6.25. The Kier molecular flexibility index (Phi) is 13.4. The van der Waals surface area contributed by atoms with Crippen LogP contribution in [-0.2, 0) is 25.7 Å². The molecular formula is C24H38Mg. The third kappa shape index (κ3) is 9.65. The molecule has 0 aromatic heterocycles. The van der Waals surface area contributed by atoms with Gasteiger partial charge in [0.25, 0.3) is 0 Å². The summed E-state index contributed by atoms with van der Waals surface area (Å²) in [5.74, 6) is 1.56. The molecule has 0 aliphatic carbocycles. The van der Waals surface area contributed by atoms with Crippen molar-refractivity contribution in [1.29, 1.82) is 0 Å². The molecule has 2 aromatic carbocycles. The van der Waals surface area contributed by atoms with Gasteiger partial charge in [-0.1, -0.05) is 91.9 Å². The zero-order chi connectivity index (χ0) is 17.9. The van der Waals surface area contributed by atoms with Crippen LogP contribution in [-0.4, -0.2) is 23.1 Å². The summed E-state index contributed by atoms with van der Waals surface area (Å²) in [7, 11) is 0. The van der Waals surface area contributed by atoms with Crippen LogP contribution in [0.25, 0.3) is 0 Å². The average molecular weight is 351 g/mol. The van der Waals surface area contributed by atoms with E-state index in [0.717, 1.165) is 11.8 Å². The van der Waals surface area contributed by atoms with Gasteiger partial charge in [-0.15, -0.1) is 0 Å². The molecule has 2 rings (SSSR count). The smallest absolute Gasteiger partial charge is 0.213 e.